The van der Waals surface area contributed by atoms with Crippen molar-refractivity contribution in [2.45, 2.75) is 25.8 Å². The second-order valence-electron chi connectivity index (χ2n) is 5.14. The highest BCUT2D eigenvalue weighted by molar-refractivity contribution is 9.10. The van der Waals surface area contributed by atoms with Crippen LogP contribution in [0.4, 0.5) is 4.39 Å². The molecule has 6 heteroatoms. The molecular formula is C14H15BrFNO3. The van der Waals surface area contributed by atoms with E-state index in [-0.39, 0.29) is 11.5 Å². The zero-order valence-electron chi connectivity index (χ0n) is 11.0. The smallest absolute Gasteiger partial charge is 0.326 e. The van der Waals surface area contributed by atoms with Gasteiger partial charge in [0, 0.05) is 16.6 Å². The first-order valence-corrected chi connectivity index (χ1v) is 7.17. The van der Waals surface area contributed by atoms with Crippen molar-refractivity contribution in [3.05, 3.63) is 34.1 Å². The van der Waals surface area contributed by atoms with Crippen molar-refractivity contribution in [1.29, 1.82) is 0 Å². The molecule has 1 aliphatic heterocycles. The highest BCUT2D eigenvalue weighted by atomic mass is 79.9. The SMILES string of the molecule is CC1CCN(C(=O)c2cc(F)cc(Br)c2)C(C(=O)O)C1. The minimum absolute atomic E-state index is 0.165. The van der Waals surface area contributed by atoms with Gasteiger partial charge in [-0.15, -0.1) is 0 Å². The lowest BCUT2D eigenvalue weighted by atomic mass is 9.92. The maximum absolute atomic E-state index is 13.4. The van der Waals surface area contributed by atoms with Crippen LogP contribution in [0.1, 0.15) is 30.1 Å². The molecule has 1 fully saturated rings. The molecule has 20 heavy (non-hydrogen) atoms. The van der Waals surface area contributed by atoms with Gasteiger partial charge in [0.25, 0.3) is 5.91 Å². The molecule has 1 amide bonds. The molecule has 2 atom stereocenters. The van der Waals surface area contributed by atoms with Gasteiger partial charge < -0.3 is 10.0 Å². The molecule has 1 aliphatic rings. The summed E-state index contributed by atoms with van der Waals surface area (Å²) in [5.74, 6) is -1.72. The van der Waals surface area contributed by atoms with Crippen LogP contribution >= 0.6 is 15.9 Å². The predicted molar refractivity (Wildman–Crippen MR) is 75.0 cm³/mol. The van der Waals surface area contributed by atoms with Gasteiger partial charge in [0.05, 0.1) is 0 Å². The summed E-state index contributed by atoms with van der Waals surface area (Å²) in [6.07, 6.45) is 1.18. The Hall–Kier alpha value is -1.43. The number of hydrogen-bond donors (Lipinski definition) is 1. The molecule has 0 aromatic heterocycles. The summed E-state index contributed by atoms with van der Waals surface area (Å²) in [4.78, 5) is 25.0. The molecule has 1 aromatic rings. The normalized spacial score (nSPS) is 22.6. The van der Waals surface area contributed by atoms with E-state index in [1.165, 1.54) is 17.0 Å². The average Bonchev–Trinajstić information content (AvgIpc) is 2.36. The molecule has 1 heterocycles. The topological polar surface area (TPSA) is 57.6 Å². The van der Waals surface area contributed by atoms with Crippen molar-refractivity contribution in [3.63, 3.8) is 0 Å². The minimum Gasteiger partial charge on any atom is -0.480 e. The summed E-state index contributed by atoms with van der Waals surface area (Å²) < 4.78 is 13.8. The van der Waals surface area contributed by atoms with E-state index in [0.29, 0.717) is 17.4 Å². The van der Waals surface area contributed by atoms with Crippen molar-refractivity contribution >= 4 is 27.8 Å². The van der Waals surface area contributed by atoms with Gasteiger partial charge in [0.15, 0.2) is 0 Å². The fraction of sp³-hybridized carbons (Fsp3) is 0.429. The zero-order valence-corrected chi connectivity index (χ0v) is 12.6. The molecule has 2 unspecified atom stereocenters. The largest absolute Gasteiger partial charge is 0.480 e. The summed E-state index contributed by atoms with van der Waals surface area (Å²) in [5.41, 5.74) is 0.165. The van der Waals surface area contributed by atoms with E-state index in [2.05, 4.69) is 15.9 Å². The molecule has 0 aliphatic carbocycles. The van der Waals surface area contributed by atoms with E-state index in [1.54, 1.807) is 0 Å². The molecule has 0 spiro atoms. The summed E-state index contributed by atoms with van der Waals surface area (Å²) in [6.45, 7) is 2.35. The number of aliphatic carboxylic acids is 1. The van der Waals surface area contributed by atoms with Crippen LogP contribution in [-0.2, 0) is 4.79 Å². The molecule has 2 rings (SSSR count). The molecule has 1 N–H and O–H groups in total. The first-order chi connectivity index (χ1) is 9.38. The number of likely N-dealkylation sites (tertiary alicyclic amines) is 1. The van der Waals surface area contributed by atoms with Gasteiger partial charge in [-0.3, -0.25) is 4.79 Å². The van der Waals surface area contributed by atoms with E-state index in [1.807, 2.05) is 6.92 Å². The van der Waals surface area contributed by atoms with Gasteiger partial charge in [-0.1, -0.05) is 22.9 Å². The third-order valence-electron chi connectivity index (χ3n) is 3.52. The summed E-state index contributed by atoms with van der Waals surface area (Å²) in [7, 11) is 0. The van der Waals surface area contributed by atoms with E-state index >= 15 is 0 Å². The Morgan fingerprint density at radius 2 is 2.10 bits per heavy atom. The van der Waals surface area contributed by atoms with E-state index < -0.39 is 23.7 Å². The predicted octanol–water partition coefficient (Wildman–Crippen LogP) is 2.91. The molecule has 0 radical (unpaired) electrons. The van der Waals surface area contributed by atoms with Gasteiger partial charge in [-0.05, 0) is 37.0 Å². The first kappa shape index (κ1) is 15.0. The quantitative estimate of drug-likeness (QED) is 0.898. The lowest BCUT2D eigenvalue weighted by molar-refractivity contribution is -0.144. The second-order valence-corrected chi connectivity index (χ2v) is 6.06. The van der Waals surface area contributed by atoms with Crippen molar-refractivity contribution in [2.75, 3.05) is 6.54 Å². The van der Waals surface area contributed by atoms with Crippen molar-refractivity contribution < 1.29 is 19.1 Å². The Morgan fingerprint density at radius 3 is 2.70 bits per heavy atom. The summed E-state index contributed by atoms with van der Waals surface area (Å²) in [5, 5.41) is 9.25. The number of piperidine rings is 1. The van der Waals surface area contributed by atoms with Crippen molar-refractivity contribution in [3.8, 4) is 0 Å². The van der Waals surface area contributed by atoms with Crippen LogP contribution in [0, 0.1) is 11.7 Å². The Morgan fingerprint density at radius 1 is 1.40 bits per heavy atom. The van der Waals surface area contributed by atoms with Crippen molar-refractivity contribution in [1.82, 2.24) is 4.90 Å². The monoisotopic (exact) mass is 343 g/mol. The third-order valence-corrected chi connectivity index (χ3v) is 3.98. The number of nitrogens with zero attached hydrogens (tertiary/aromatic N) is 1. The number of benzene rings is 1. The van der Waals surface area contributed by atoms with Gasteiger partial charge in [0.1, 0.15) is 11.9 Å². The molecule has 4 nitrogen and oxygen atoms in total. The van der Waals surface area contributed by atoms with Crippen LogP contribution in [0.2, 0.25) is 0 Å². The third kappa shape index (κ3) is 3.17. The number of carbonyl (C=O) groups is 2. The standard InChI is InChI=1S/C14H15BrFNO3/c1-8-2-3-17(12(4-8)14(19)20)13(18)9-5-10(15)7-11(16)6-9/h5-8,12H,2-4H2,1H3,(H,19,20). The average molecular weight is 344 g/mol. The Labute approximate surface area is 124 Å². The number of carboxylic acids is 1. The highest BCUT2D eigenvalue weighted by Crippen LogP contribution is 2.25. The van der Waals surface area contributed by atoms with Crippen LogP contribution in [0.25, 0.3) is 0 Å². The molecule has 1 aromatic carbocycles. The number of halogens is 2. The highest BCUT2D eigenvalue weighted by Gasteiger charge is 2.35. The molecule has 0 saturated carbocycles. The fourth-order valence-electron chi connectivity index (χ4n) is 2.46. The number of hydrogen-bond acceptors (Lipinski definition) is 2. The van der Waals surface area contributed by atoms with E-state index in [9.17, 15) is 19.1 Å². The van der Waals surface area contributed by atoms with E-state index in [4.69, 9.17) is 0 Å². The number of carboxylic acid groups (broad SMARTS) is 1. The molecule has 1 saturated heterocycles. The van der Waals surface area contributed by atoms with Gasteiger partial charge in [-0.25, -0.2) is 9.18 Å². The Kier molecular flexibility index (Phi) is 4.42. The maximum atomic E-state index is 13.4. The number of carbonyl (C=O) groups excluding carboxylic acids is 1. The number of rotatable bonds is 2. The second kappa shape index (κ2) is 5.91. The lowest BCUT2D eigenvalue weighted by Crippen LogP contribution is -2.49. The maximum Gasteiger partial charge on any atom is 0.326 e. The minimum atomic E-state index is -1.01. The number of amides is 1. The lowest BCUT2D eigenvalue weighted by Gasteiger charge is -2.36. The van der Waals surface area contributed by atoms with Gasteiger partial charge >= 0.3 is 5.97 Å². The zero-order chi connectivity index (χ0) is 14.9. The molecule has 0 bridgehead atoms. The van der Waals surface area contributed by atoms with Gasteiger partial charge in [0.2, 0.25) is 0 Å². The van der Waals surface area contributed by atoms with Crippen molar-refractivity contribution in [2.24, 2.45) is 5.92 Å². The van der Waals surface area contributed by atoms with Crippen LogP contribution < -0.4 is 0 Å². The van der Waals surface area contributed by atoms with E-state index in [0.717, 1.165) is 12.5 Å². The first-order valence-electron chi connectivity index (χ1n) is 6.38. The Bertz CT molecular complexity index is 529. The van der Waals surface area contributed by atoms with Crippen LogP contribution in [0.5, 0.6) is 0 Å². The van der Waals surface area contributed by atoms with Crippen LogP contribution in [0.3, 0.4) is 0 Å². The fourth-order valence-corrected chi connectivity index (χ4v) is 2.93. The Balaban J connectivity index is 2.28. The molecular weight excluding hydrogens is 329 g/mol. The van der Waals surface area contributed by atoms with Gasteiger partial charge in [-0.2, -0.15) is 0 Å². The summed E-state index contributed by atoms with van der Waals surface area (Å²) >= 11 is 3.13. The van der Waals surface area contributed by atoms with Crippen LogP contribution in [-0.4, -0.2) is 34.5 Å². The summed E-state index contributed by atoms with van der Waals surface area (Å²) in [6, 6.07) is 3.05. The van der Waals surface area contributed by atoms with Crippen LogP contribution in [0.15, 0.2) is 22.7 Å². The molecule has 108 valence electrons.